The van der Waals surface area contributed by atoms with Gasteiger partial charge in [0, 0.05) is 31.6 Å². The number of hydrogen-bond donors (Lipinski definition) is 2. The van der Waals surface area contributed by atoms with Crippen molar-refractivity contribution in [3.05, 3.63) is 70.5 Å². The third-order valence-electron chi connectivity index (χ3n) is 6.91. The highest BCUT2D eigenvalue weighted by atomic mass is 19.4. The van der Waals surface area contributed by atoms with Crippen molar-refractivity contribution in [1.82, 2.24) is 10.2 Å². The number of amides is 2. The largest absolute Gasteiger partial charge is 0.403 e. The molecule has 194 valence electrons. The van der Waals surface area contributed by atoms with Gasteiger partial charge in [0.05, 0.1) is 6.04 Å². The quantitative estimate of drug-likeness (QED) is 0.437. The van der Waals surface area contributed by atoms with Crippen molar-refractivity contribution in [2.75, 3.05) is 6.54 Å². The third-order valence-corrected chi connectivity index (χ3v) is 6.91. The fourth-order valence-corrected chi connectivity index (χ4v) is 4.62. The summed E-state index contributed by atoms with van der Waals surface area (Å²) < 4.78 is 80.6. The summed E-state index contributed by atoms with van der Waals surface area (Å²) in [5, 5.41) is 2.38. The van der Waals surface area contributed by atoms with E-state index in [4.69, 9.17) is 5.73 Å². The molecule has 2 atom stereocenters. The molecule has 36 heavy (non-hydrogen) atoms. The third kappa shape index (κ3) is 5.21. The lowest BCUT2D eigenvalue weighted by atomic mass is 9.92. The second-order valence-electron chi connectivity index (χ2n) is 9.46. The summed E-state index contributed by atoms with van der Waals surface area (Å²) >= 11 is 0. The summed E-state index contributed by atoms with van der Waals surface area (Å²) in [6.07, 6.45) is -5.37. The number of carbonyl (C=O) groups is 2. The topological polar surface area (TPSA) is 75.4 Å². The van der Waals surface area contributed by atoms with Gasteiger partial charge < -0.3 is 16.0 Å². The van der Waals surface area contributed by atoms with Gasteiger partial charge in [-0.05, 0) is 48.4 Å². The van der Waals surface area contributed by atoms with Gasteiger partial charge in [-0.2, -0.15) is 13.2 Å². The van der Waals surface area contributed by atoms with E-state index in [0.717, 1.165) is 11.1 Å². The summed E-state index contributed by atoms with van der Waals surface area (Å²) in [6.45, 7) is -0.0179. The van der Waals surface area contributed by atoms with Crippen molar-refractivity contribution in [3.8, 4) is 0 Å². The van der Waals surface area contributed by atoms with Crippen LogP contribution in [0.4, 0.5) is 26.3 Å². The summed E-state index contributed by atoms with van der Waals surface area (Å²) in [4.78, 5) is 27.0. The Morgan fingerprint density at radius 3 is 2.33 bits per heavy atom. The average Bonchev–Trinajstić information content (AvgIpc) is 3.63. The van der Waals surface area contributed by atoms with E-state index in [1.165, 1.54) is 4.90 Å². The van der Waals surface area contributed by atoms with E-state index in [-0.39, 0.29) is 44.3 Å². The van der Waals surface area contributed by atoms with Gasteiger partial charge in [0.2, 0.25) is 11.8 Å². The maximum absolute atomic E-state index is 14.0. The van der Waals surface area contributed by atoms with Crippen LogP contribution in [0.15, 0.2) is 36.4 Å². The Morgan fingerprint density at radius 2 is 1.69 bits per heavy atom. The number of nitrogens with zero attached hydrogens (tertiary/aromatic N) is 1. The molecule has 2 amide bonds. The van der Waals surface area contributed by atoms with Crippen molar-refractivity contribution < 1.29 is 35.9 Å². The molecule has 2 aromatic carbocycles. The van der Waals surface area contributed by atoms with Crippen molar-refractivity contribution in [3.63, 3.8) is 0 Å². The lowest BCUT2D eigenvalue weighted by molar-refractivity contribution is -0.192. The molecule has 0 bridgehead atoms. The summed E-state index contributed by atoms with van der Waals surface area (Å²) in [7, 11) is 0. The number of fused-ring (bicyclic) bond motifs is 1. The second-order valence-corrected chi connectivity index (χ2v) is 9.46. The Labute approximate surface area is 203 Å². The second kappa shape index (κ2) is 9.76. The van der Waals surface area contributed by atoms with Gasteiger partial charge in [-0.25, -0.2) is 13.2 Å². The zero-order valence-electron chi connectivity index (χ0n) is 19.2. The summed E-state index contributed by atoms with van der Waals surface area (Å²) in [5.74, 6) is -5.11. The molecule has 5 nitrogen and oxygen atoms in total. The molecule has 0 unspecified atom stereocenters. The van der Waals surface area contributed by atoms with Crippen LogP contribution in [0.1, 0.15) is 36.0 Å². The molecule has 1 aliphatic carbocycles. The smallest absolute Gasteiger partial charge is 0.353 e. The Hall–Kier alpha value is -3.08. The highest BCUT2D eigenvalue weighted by Gasteiger charge is 2.68. The molecule has 0 saturated heterocycles. The molecule has 1 saturated carbocycles. The first-order valence-corrected chi connectivity index (χ1v) is 11.5. The van der Waals surface area contributed by atoms with Gasteiger partial charge >= 0.3 is 6.18 Å². The zero-order valence-corrected chi connectivity index (χ0v) is 19.2. The van der Waals surface area contributed by atoms with E-state index in [1.807, 2.05) is 12.1 Å². The first-order valence-electron chi connectivity index (χ1n) is 11.5. The fraction of sp³-hybridized carbons (Fsp3) is 0.440. The van der Waals surface area contributed by atoms with Gasteiger partial charge in [0.1, 0.15) is 11.2 Å². The van der Waals surface area contributed by atoms with Crippen molar-refractivity contribution >= 4 is 11.8 Å². The minimum atomic E-state index is -4.65. The van der Waals surface area contributed by atoms with Gasteiger partial charge in [-0.15, -0.1) is 0 Å². The molecule has 4 rings (SSSR count). The maximum atomic E-state index is 14.0. The molecule has 11 heteroatoms. The van der Waals surface area contributed by atoms with Gasteiger partial charge in [-0.1, -0.05) is 24.3 Å². The van der Waals surface area contributed by atoms with Crippen LogP contribution in [0.5, 0.6) is 0 Å². The van der Waals surface area contributed by atoms with Crippen molar-refractivity contribution in [2.45, 2.75) is 56.9 Å². The predicted octanol–water partition coefficient (Wildman–Crippen LogP) is 3.78. The molecule has 3 N–H and O–H groups in total. The molecule has 2 aliphatic rings. The first-order chi connectivity index (χ1) is 16.9. The van der Waals surface area contributed by atoms with E-state index in [1.54, 1.807) is 12.1 Å². The first kappa shape index (κ1) is 26.0. The minimum Gasteiger partial charge on any atom is -0.353 e. The van der Waals surface area contributed by atoms with Crippen molar-refractivity contribution in [1.29, 1.82) is 0 Å². The summed E-state index contributed by atoms with van der Waals surface area (Å²) in [6, 6.07) is 6.83. The van der Waals surface area contributed by atoms with Crippen molar-refractivity contribution in [2.24, 2.45) is 11.1 Å². The molecule has 1 fully saturated rings. The van der Waals surface area contributed by atoms with Crippen LogP contribution in [-0.4, -0.2) is 41.5 Å². The standard InChI is InChI=1S/C25H25F6N3O2/c26-19-11-21(28)20(27)9-16(19)7-17(32)10-22(35)34-13-15-4-2-1-3-14(15)8-18(34)12-33-23(36)24(5-6-24)25(29,30)31/h1-4,9,11,17-18H,5-8,10,12-13,32H2,(H,33,36)/t17-,18+/m1/s1. The Kier molecular flexibility index (Phi) is 7.05. The average molecular weight is 513 g/mol. The van der Waals surface area contributed by atoms with E-state index in [2.05, 4.69) is 5.32 Å². The fourth-order valence-electron chi connectivity index (χ4n) is 4.62. The zero-order chi connectivity index (χ0) is 26.3. The molecule has 0 spiro atoms. The number of alkyl halides is 3. The van der Waals surface area contributed by atoms with Gasteiger partial charge in [-0.3, -0.25) is 9.59 Å². The van der Waals surface area contributed by atoms with E-state index in [9.17, 15) is 35.9 Å². The number of halogens is 6. The number of hydrogen-bond acceptors (Lipinski definition) is 3. The molecule has 0 aromatic heterocycles. The van der Waals surface area contributed by atoms with Crippen LogP contribution in [0.3, 0.4) is 0 Å². The van der Waals surface area contributed by atoms with Crippen LogP contribution in [0.25, 0.3) is 0 Å². The van der Waals surface area contributed by atoms with E-state index < -0.39 is 52.9 Å². The summed E-state index contributed by atoms with van der Waals surface area (Å²) in [5.41, 5.74) is 5.23. The number of nitrogens with one attached hydrogen (secondary N) is 1. The Balaban J connectivity index is 1.46. The Morgan fingerprint density at radius 1 is 1.06 bits per heavy atom. The van der Waals surface area contributed by atoms with Gasteiger partial charge in [0.15, 0.2) is 11.6 Å². The normalized spacial score (nSPS) is 19.4. The lowest BCUT2D eigenvalue weighted by Gasteiger charge is -2.38. The monoisotopic (exact) mass is 513 g/mol. The molecule has 2 aromatic rings. The number of nitrogens with two attached hydrogens (primary N) is 1. The number of carbonyl (C=O) groups excluding carboxylic acids is 2. The predicted molar refractivity (Wildman–Crippen MR) is 118 cm³/mol. The number of rotatable bonds is 7. The Bertz CT molecular complexity index is 1160. The highest BCUT2D eigenvalue weighted by molar-refractivity contribution is 5.86. The van der Waals surface area contributed by atoms with Crippen LogP contribution in [0, 0.1) is 22.9 Å². The number of benzene rings is 2. The molecular weight excluding hydrogens is 488 g/mol. The highest BCUT2D eigenvalue weighted by Crippen LogP contribution is 2.57. The van der Waals surface area contributed by atoms with E-state index in [0.29, 0.717) is 18.6 Å². The van der Waals surface area contributed by atoms with Gasteiger partial charge in [0.25, 0.3) is 0 Å². The SMILES string of the molecule is N[C@@H](CC(=O)N1Cc2ccccc2C[C@H]1CNC(=O)C1(C(F)(F)F)CC1)Cc1cc(F)c(F)cc1F. The molecular formula is C25H25F6N3O2. The van der Waals surface area contributed by atoms with E-state index >= 15 is 0 Å². The minimum absolute atomic E-state index is 0.159. The van der Waals surface area contributed by atoms with Crippen LogP contribution in [-0.2, 0) is 29.0 Å². The van der Waals surface area contributed by atoms with Crippen LogP contribution < -0.4 is 11.1 Å². The molecule has 1 heterocycles. The van der Waals surface area contributed by atoms with Crippen LogP contribution >= 0.6 is 0 Å². The lowest BCUT2D eigenvalue weighted by Crippen LogP contribution is -2.52. The molecule has 1 aliphatic heterocycles. The maximum Gasteiger partial charge on any atom is 0.403 e. The molecule has 0 radical (unpaired) electrons. The van der Waals surface area contributed by atoms with Crippen LogP contribution in [0.2, 0.25) is 0 Å².